The van der Waals surface area contributed by atoms with E-state index in [0.29, 0.717) is 19.8 Å². The lowest BCUT2D eigenvalue weighted by Gasteiger charge is -2.26. The molecule has 1 unspecified atom stereocenters. The maximum absolute atomic E-state index is 12.4. The zero-order chi connectivity index (χ0) is 18.2. The van der Waals surface area contributed by atoms with Crippen molar-refractivity contribution in [1.82, 2.24) is 10.2 Å². The average Bonchev–Trinajstić information content (AvgIpc) is 2.83. The third kappa shape index (κ3) is 5.61. The van der Waals surface area contributed by atoms with E-state index < -0.39 is 0 Å². The van der Waals surface area contributed by atoms with Crippen molar-refractivity contribution in [2.45, 2.75) is 33.2 Å². The molecule has 1 aliphatic heterocycles. The van der Waals surface area contributed by atoms with Gasteiger partial charge in [0.2, 0.25) is 5.91 Å². The largest absolute Gasteiger partial charge is 0.490 e. The van der Waals surface area contributed by atoms with Gasteiger partial charge < -0.3 is 19.9 Å². The Morgan fingerprint density at radius 2 is 2.00 bits per heavy atom. The summed E-state index contributed by atoms with van der Waals surface area (Å²) in [6, 6.07) is 5.78. The van der Waals surface area contributed by atoms with Crippen molar-refractivity contribution in [3.63, 3.8) is 0 Å². The second-order valence-electron chi connectivity index (χ2n) is 6.64. The van der Waals surface area contributed by atoms with Crippen LogP contribution in [-0.4, -0.2) is 55.4 Å². The topological polar surface area (TPSA) is 71.0 Å². The normalized spacial score (nSPS) is 15.1. The van der Waals surface area contributed by atoms with Crippen LogP contribution >= 0.6 is 0 Å². The Hall–Kier alpha value is -1.79. The van der Waals surface area contributed by atoms with Gasteiger partial charge in [0.1, 0.15) is 0 Å². The van der Waals surface area contributed by atoms with Crippen LogP contribution in [0.1, 0.15) is 38.8 Å². The second-order valence-corrected chi connectivity index (χ2v) is 6.64. The standard InChI is InChI=1S/C19H30N2O4/c1-4-21(8-9-22)13-18(23)20-19(14(2)3)15-6-7-16-17(12-15)25-11-5-10-24-16/h6-7,12,14,19,22H,4-5,8-11,13H2,1-3H3,(H,20,23). The lowest BCUT2D eigenvalue weighted by molar-refractivity contribution is -0.123. The van der Waals surface area contributed by atoms with Gasteiger partial charge in [-0.05, 0) is 30.2 Å². The molecule has 1 heterocycles. The number of carbonyl (C=O) groups is 1. The summed E-state index contributed by atoms with van der Waals surface area (Å²) in [6.07, 6.45) is 0.867. The molecule has 25 heavy (non-hydrogen) atoms. The van der Waals surface area contributed by atoms with E-state index in [0.717, 1.165) is 30.0 Å². The minimum atomic E-state index is -0.0996. The van der Waals surface area contributed by atoms with Gasteiger partial charge in [-0.2, -0.15) is 0 Å². The molecule has 2 N–H and O–H groups in total. The Morgan fingerprint density at radius 1 is 1.28 bits per heavy atom. The fraction of sp³-hybridized carbons (Fsp3) is 0.632. The molecular formula is C19H30N2O4. The molecule has 0 saturated carbocycles. The smallest absolute Gasteiger partial charge is 0.234 e. The zero-order valence-electron chi connectivity index (χ0n) is 15.5. The summed E-state index contributed by atoms with van der Waals surface area (Å²) in [5.41, 5.74) is 1.01. The van der Waals surface area contributed by atoms with Crippen molar-refractivity contribution in [3.8, 4) is 11.5 Å². The first kappa shape index (κ1) is 19.5. The number of benzene rings is 1. The molecular weight excluding hydrogens is 320 g/mol. The molecule has 140 valence electrons. The molecule has 1 atom stereocenters. The first-order valence-electron chi connectivity index (χ1n) is 9.07. The number of likely N-dealkylation sites (N-methyl/N-ethyl adjacent to an activating group) is 1. The summed E-state index contributed by atoms with van der Waals surface area (Å²) in [6.45, 7) is 9.01. The number of nitrogens with one attached hydrogen (secondary N) is 1. The molecule has 0 saturated heterocycles. The Balaban J connectivity index is 2.10. The predicted octanol–water partition coefficient (Wildman–Crippen LogP) is 1.98. The number of nitrogens with zero attached hydrogens (tertiary/aromatic N) is 1. The number of amides is 1. The quantitative estimate of drug-likeness (QED) is 0.750. The molecule has 0 radical (unpaired) electrons. The fourth-order valence-corrected chi connectivity index (χ4v) is 2.92. The highest BCUT2D eigenvalue weighted by molar-refractivity contribution is 5.78. The predicted molar refractivity (Wildman–Crippen MR) is 97.0 cm³/mol. The van der Waals surface area contributed by atoms with Gasteiger partial charge in [0, 0.05) is 13.0 Å². The molecule has 0 spiro atoms. The summed E-state index contributed by atoms with van der Waals surface area (Å²) >= 11 is 0. The van der Waals surface area contributed by atoms with Crippen LogP contribution in [0.3, 0.4) is 0 Å². The molecule has 1 aromatic carbocycles. The molecule has 1 aromatic rings. The number of fused-ring (bicyclic) bond motifs is 1. The Bertz CT molecular complexity index is 562. The average molecular weight is 350 g/mol. The highest BCUT2D eigenvalue weighted by Crippen LogP contribution is 2.34. The lowest BCUT2D eigenvalue weighted by atomic mass is 9.95. The number of hydrogen-bond acceptors (Lipinski definition) is 5. The van der Waals surface area contributed by atoms with Gasteiger partial charge in [0.25, 0.3) is 0 Å². The number of aliphatic hydroxyl groups is 1. The highest BCUT2D eigenvalue weighted by atomic mass is 16.5. The third-order valence-electron chi connectivity index (χ3n) is 4.34. The maximum atomic E-state index is 12.4. The zero-order valence-corrected chi connectivity index (χ0v) is 15.5. The third-order valence-corrected chi connectivity index (χ3v) is 4.34. The van der Waals surface area contributed by atoms with Crippen LogP contribution < -0.4 is 14.8 Å². The Kier molecular flexibility index (Phi) is 7.52. The summed E-state index contributed by atoms with van der Waals surface area (Å²) < 4.78 is 11.4. The molecule has 0 aliphatic carbocycles. The van der Waals surface area contributed by atoms with Crippen molar-refractivity contribution in [2.24, 2.45) is 5.92 Å². The highest BCUT2D eigenvalue weighted by Gasteiger charge is 2.21. The summed E-state index contributed by atoms with van der Waals surface area (Å²) in [5.74, 6) is 1.70. The summed E-state index contributed by atoms with van der Waals surface area (Å²) in [5, 5.41) is 12.2. The Labute approximate surface area is 150 Å². The van der Waals surface area contributed by atoms with Crippen molar-refractivity contribution in [2.75, 3.05) is 39.5 Å². The first-order valence-corrected chi connectivity index (χ1v) is 9.07. The first-order chi connectivity index (χ1) is 12.0. The van der Waals surface area contributed by atoms with E-state index in [1.54, 1.807) is 0 Å². The SMILES string of the molecule is CCN(CCO)CC(=O)NC(c1ccc2c(c1)OCCCO2)C(C)C. The van der Waals surface area contributed by atoms with Crippen LogP contribution in [0.25, 0.3) is 0 Å². The fourth-order valence-electron chi connectivity index (χ4n) is 2.92. The van der Waals surface area contributed by atoms with E-state index in [4.69, 9.17) is 14.6 Å². The molecule has 1 amide bonds. The number of rotatable bonds is 8. The van der Waals surface area contributed by atoms with Crippen molar-refractivity contribution < 1.29 is 19.4 Å². The van der Waals surface area contributed by atoms with Gasteiger partial charge in [0.05, 0.1) is 32.4 Å². The molecule has 0 aromatic heterocycles. The van der Waals surface area contributed by atoms with E-state index in [1.165, 1.54) is 0 Å². The van der Waals surface area contributed by atoms with Crippen LogP contribution in [0, 0.1) is 5.92 Å². The second kappa shape index (κ2) is 9.63. The maximum Gasteiger partial charge on any atom is 0.234 e. The van der Waals surface area contributed by atoms with Gasteiger partial charge in [-0.15, -0.1) is 0 Å². The lowest BCUT2D eigenvalue weighted by Crippen LogP contribution is -2.41. The number of aliphatic hydroxyl groups excluding tert-OH is 1. The van der Waals surface area contributed by atoms with Gasteiger partial charge in [-0.1, -0.05) is 26.8 Å². The van der Waals surface area contributed by atoms with Crippen molar-refractivity contribution in [1.29, 1.82) is 0 Å². The number of carbonyl (C=O) groups excluding carboxylic acids is 1. The van der Waals surface area contributed by atoms with Crippen LogP contribution in [0.15, 0.2) is 18.2 Å². The molecule has 1 aliphatic rings. The van der Waals surface area contributed by atoms with E-state index >= 15 is 0 Å². The summed E-state index contributed by atoms with van der Waals surface area (Å²) in [4.78, 5) is 14.3. The van der Waals surface area contributed by atoms with Gasteiger partial charge in [0.15, 0.2) is 11.5 Å². The molecule has 0 fully saturated rings. The number of ether oxygens (including phenoxy) is 2. The van der Waals surface area contributed by atoms with Crippen molar-refractivity contribution in [3.05, 3.63) is 23.8 Å². The van der Waals surface area contributed by atoms with Crippen molar-refractivity contribution >= 4 is 5.91 Å². The van der Waals surface area contributed by atoms with E-state index in [2.05, 4.69) is 19.2 Å². The van der Waals surface area contributed by atoms with Crippen LogP contribution in [0.2, 0.25) is 0 Å². The molecule has 0 bridgehead atoms. The Morgan fingerprint density at radius 3 is 2.64 bits per heavy atom. The summed E-state index contributed by atoms with van der Waals surface area (Å²) in [7, 11) is 0. The van der Waals surface area contributed by atoms with Gasteiger partial charge in [-0.3, -0.25) is 9.69 Å². The molecule has 6 nitrogen and oxygen atoms in total. The van der Waals surface area contributed by atoms with E-state index in [1.807, 2.05) is 30.0 Å². The molecule has 6 heteroatoms. The van der Waals surface area contributed by atoms with Crippen LogP contribution in [0.4, 0.5) is 0 Å². The van der Waals surface area contributed by atoms with Crippen LogP contribution in [-0.2, 0) is 4.79 Å². The van der Waals surface area contributed by atoms with Crippen LogP contribution in [0.5, 0.6) is 11.5 Å². The van der Waals surface area contributed by atoms with Gasteiger partial charge >= 0.3 is 0 Å². The minimum absolute atomic E-state index is 0.0406. The number of hydrogen-bond donors (Lipinski definition) is 2. The minimum Gasteiger partial charge on any atom is -0.490 e. The van der Waals surface area contributed by atoms with E-state index in [-0.39, 0.29) is 31.0 Å². The van der Waals surface area contributed by atoms with Gasteiger partial charge in [-0.25, -0.2) is 0 Å². The monoisotopic (exact) mass is 350 g/mol. The molecule has 2 rings (SSSR count). The van der Waals surface area contributed by atoms with E-state index in [9.17, 15) is 4.79 Å².